The zero-order valence-corrected chi connectivity index (χ0v) is 13.2. The van der Waals surface area contributed by atoms with Gasteiger partial charge in [-0.3, -0.25) is 4.98 Å². The first-order valence-corrected chi connectivity index (χ1v) is 7.82. The van der Waals surface area contributed by atoms with Crippen LogP contribution in [0.2, 0.25) is 5.02 Å². The van der Waals surface area contributed by atoms with E-state index in [4.69, 9.17) is 11.6 Å². The minimum absolute atomic E-state index is 0.459. The van der Waals surface area contributed by atoms with Crippen LogP contribution in [0.1, 0.15) is 45.1 Å². The number of fused-ring (bicyclic) bond motifs is 1. The van der Waals surface area contributed by atoms with Gasteiger partial charge in [-0.05, 0) is 56.0 Å². The Labute approximate surface area is 126 Å². The first kappa shape index (κ1) is 15.3. The zero-order chi connectivity index (χ0) is 14.5. The molecule has 1 N–H and O–H groups in total. The molecule has 3 heteroatoms. The average molecular weight is 291 g/mol. The normalized spacial score (nSPS) is 14.4. The molecule has 0 aliphatic carbocycles. The molecule has 1 heterocycles. The first-order valence-electron chi connectivity index (χ1n) is 7.44. The van der Waals surface area contributed by atoms with E-state index < -0.39 is 0 Å². The maximum absolute atomic E-state index is 6.06. The van der Waals surface area contributed by atoms with Crippen molar-refractivity contribution >= 4 is 22.5 Å². The number of hydrogen-bond donors (Lipinski definition) is 1. The Morgan fingerprint density at radius 1 is 1.25 bits per heavy atom. The predicted molar refractivity (Wildman–Crippen MR) is 87.5 cm³/mol. The van der Waals surface area contributed by atoms with E-state index in [1.165, 1.54) is 10.9 Å². The van der Waals surface area contributed by atoms with E-state index >= 15 is 0 Å². The van der Waals surface area contributed by atoms with Crippen molar-refractivity contribution in [1.29, 1.82) is 0 Å². The topological polar surface area (TPSA) is 24.9 Å². The Hall–Kier alpha value is -1.12. The van der Waals surface area contributed by atoms with Gasteiger partial charge in [-0.2, -0.15) is 0 Å². The van der Waals surface area contributed by atoms with Crippen LogP contribution in [0.25, 0.3) is 10.9 Å². The molecule has 2 rings (SSSR count). The Kier molecular flexibility index (Phi) is 5.38. The predicted octanol–water partition coefficient (Wildman–Crippen LogP) is 4.77. The van der Waals surface area contributed by atoms with E-state index in [9.17, 15) is 0 Å². The maximum Gasteiger partial charge on any atom is 0.0719 e. The van der Waals surface area contributed by atoms with E-state index in [-0.39, 0.29) is 0 Å². The molecule has 2 nitrogen and oxygen atoms in total. The molecular weight excluding hydrogens is 268 g/mol. The smallest absolute Gasteiger partial charge is 0.0719 e. The van der Waals surface area contributed by atoms with Crippen molar-refractivity contribution < 1.29 is 0 Å². The number of aromatic nitrogens is 1. The molecule has 0 fully saturated rings. The molecule has 2 atom stereocenters. The highest BCUT2D eigenvalue weighted by atomic mass is 35.5. The van der Waals surface area contributed by atoms with Crippen LogP contribution in [0.4, 0.5) is 0 Å². The van der Waals surface area contributed by atoms with Crippen LogP contribution in [0, 0.1) is 0 Å². The van der Waals surface area contributed by atoms with Crippen LogP contribution in [0.15, 0.2) is 30.5 Å². The summed E-state index contributed by atoms with van der Waals surface area (Å²) in [6, 6.07) is 8.59. The van der Waals surface area contributed by atoms with Crippen LogP contribution in [-0.2, 0) is 0 Å². The van der Waals surface area contributed by atoms with Crippen molar-refractivity contribution in [1.82, 2.24) is 10.3 Å². The first-order chi connectivity index (χ1) is 9.67. The lowest BCUT2D eigenvalue weighted by molar-refractivity contribution is 0.452. The largest absolute Gasteiger partial charge is 0.314 e. The summed E-state index contributed by atoms with van der Waals surface area (Å²) in [6.45, 7) is 7.78. The molecule has 0 aliphatic rings. The summed E-state index contributed by atoms with van der Waals surface area (Å²) in [6.07, 6.45) is 4.16. The molecule has 0 spiro atoms. The van der Waals surface area contributed by atoms with Crippen LogP contribution in [-0.4, -0.2) is 17.6 Å². The Bertz CT molecular complexity index is 568. The van der Waals surface area contributed by atoms with Crippen molar-refractivity contribution in [2.24, 2.45) is 0 Å². The monoisotopic (exact) mass is 290 g/mol. The van der Waals surface area contributed by atoms with Gasteiger partial charge in [0.05, 0.1) is 5.52 Å². The molecule has 0 amide bonds. The summed E-state index contributed by atoms with van der Waals surface area (Å²) >= 11 is 6.06. The number of nitrogens with one attached hydrogen (secondary N) is 1. The lowest BCUT2D eigenvalue weighted by Gasteiger charge is -2.25. The van der Waals surface area contributed by atoms with Gasteiger partial charge in [0, 0.05) is 22.6 Å². The second kappa shape index (κ2) is 7.05. The number of rotatable bonds is 6. The minimum Gasteiger partial charge on any atom is -0.314 e. The third-order valence-electron chi connectivity index (χ3n) is 3.90. The van der Waals surface area contributed by atoms with E-state index in [1.54, 1.807) is 0 Å². The molecule has 0 saturated carbocycles. The SMILES string of the molecule is CCCNC(C)C(CC)c1ccnc2cc(Cl)ccc12. The van der Waals surface area contributed by atoms with Gasteiger partial charge in [0.25, 0.3) is 0 Å². The van der Waals surface area contributed by atoms with Crippen LogP contribution >= 0.6 is 11.6 Å². The summed E-state index contributed by atoms with van der Waals surface area (Å²) in [5, 5.41) is 5.57. The van der Waals surface area contributed by atoms with Crippen molar-refractivity contribution in [2.75, 3.05) is 6.54 Å². The molecule has 2 aromatic rings. The summed E-state index contributed by atoms with van der Waals surface area (Å²) in [4.78, 5) is 4.44. The van der Waals surface area contributed by atoms with Crippen LogP contribution in [0.5, 0.6) is 0 Å². The second-order valence-electron chi connectivity index (χ2n) is 5.32. The summed E-state index contributed by atoms with van der Waals surface area (Å²) in [5.74, 6) is 0.494. The highest BCUT2D eigenvalue weighted by Crippen LogP contribution is 2.30. The van der Waals surface area contributed by atoms with Crippen molar-refractivity contribution in [2.45, 2.75) is 45.6 Å². The quantitative estimate of drug-likeness (QED) is 0.829. The third-order valence-corrected chi connectivity index (χ3v) is 4.13. The van der Waals surface area contributed by atoms with E-state index in [1.807, 2.05) is 18.3 Å². The highest BCUT2D eigenvalue weighted by molar-refractivity contribution is 6.31. The summed E-state index contributed by atoms with van der Waals surface area (Å²) in [5.41, 5.74) is 2.35. The van der Waals surface area contributed by atoms with Gasteiger partial charge in [0.2, 0.25) is 0 Å². The Balaban J connectivity index is 2.39. The van der Waals surface area contributed by atoms with Gasteiger partial charge in [-0.15, -0.1) is 0 Å². The van der Waals surface area contributed by atoms with E-state index in [2.05, 4.69) is 43.2 Å². The van der Waals surface area contributed by atoms with Crippen molar-refractivity contribution in [3.63, 3.8) is 0 Å². The van der Waals surface area contributed by atoms with Gasteiger partial charge in [0.15, 0.2) is 0 Å². The van der Waals surface area contributed by atoms with Crippen LogP contribution < -0.4 is 5.32 Å². The van der Waals surface area contributed by atoms with Gasteiger partial charge in [-0.1, -0.05) is 31.5 Å². The number of hydrogen-bond acceptors (Lipinski definition) is 2. The van der Waals surface area contributed by atoms with E-state index in [0.717, 1.165) is 29.9 Å². The van der Waals surface area contributed by atoms with Gasteiger partial charge in [0.1, 0.15) is 0 Å². The number of nitrogens with zero attached hydrogens (tertiary/aromatic N) is 1. The molecule has 1 aromatic carbocycles. The minimum atomic E-state index is 0.459. The summed E-state index contributed by atoms with van der Waals surface area (Å²) < 4.78 is 0. The number of halogens is 1. The van der Waals surface area contributed by atoms with Gasteiger partial charge in [-0.25, -0.2) is 0 Å². The maximum atomic E-state index is 6.06. The molecule has 0 bridgehead atoms. The molecule has 0 aliphatic heterocycles. The van der Waals surface area contributed by atoms with Crippen molar-refractivity contribution in [3.8, 4) is 0 Å². The fourth-order valence-electron chi connectivity index (χ4n) is 2.82. The molecule has 20 heavy (non-hydrogen) atoms. The number of pyridine rings is 1. The van der Waals surface area contributed by atoms with Gasteiger partial charge >= 0.3 is 0 Å². The van der Waals surface area contributed by atoms with E-state index in [0.29, 0.717) is 12.0 Å². The molecule has 108 valence electrons. The van der Waals surface area contributed by atoms with Crippen LogP contribution in [0.3, 0.4) is 0 Å². The lowest BCUT2D eigenvalue weighted by atomic mass is 9.88. The lowest BCUT2D eigenvalue weighted by Crippen LogP contribution is -2.32. The van der Waals surface area contributed by atoms with Crippen molar-refractivity contribution in [3.05, 3.63) is 41.0 Å². The second-order valence-corrected chi connectivity index (χ2v) is 5.76. The third kappa shape index (κ3) is 3.31. The standard InChI is InChI=1S/C17H23ClN2/c1-4-9-19-12(3)14(5-2)15-8-10-20-17-11-13(18)6-7-16(15)17/h6-8,10-12,14,19H,4-5,9H2,1-3H3. The zero-order valence-electron chi connectivity index (χ0n) is 12.5. The molecule has 2 unspecified atom stereocenters. The average Bonchev–Trinajstić information content (AvgIpc) is 2.45. The Morgan fingerprint density at radius 3 is 2.75 bits per heavy atom. The fourth-order valence-corrected chi connectivity index (χ4v) is 2.99. The fraction of sp³-hybridized carbons (Fsp3) is 0.471. The number of benzene rings is 1. The van der Waals surface area contributed by atoms with Gasteiger partial charge < -0.3 is 5.32 Å². The Morgan fingerprint density at radius 2 is 2.05 bits per heavy atom. The molecule has 0 radical (unpaired) electrons. The molecule has 1 aromatic heterocycles. The summed E-state index contributed by atoms with van der Waals surface area (Å²) in [7, 11) is 0. The molecule has 0 saturated heterocycles. The highest BCUT2D eigenvalue weighted by Gasteiger charge is 2.19. The molecular formula is C17H23ClN2.